The minimum Gasteiger partial charge on any atom is -0.497 e. The van der Waals surface area contributed by atoms with Gasteiger partial charge in [0.25, 0.3) is 5.91 Å². The van der Waals surface area contributed by atoms with Gasteiger partial charge >= 0.3 is 6.09 Å². The van der Waals surface area contributed by atoms with Crippen LogP contribution in [-0.2, 0) is 16.1 Å². The molecule has 7 nitrogen and oxygen atoms in total. The van der Waals surface area contributed by atoms with Crippen LogP contribution in [0.25, 0.3) is 0 Å². The predicted molar refractivity (Wildman–Crippen MR) is 118 cm³/mol. The smallest absolute Gasteiger partial charge is 0.408 e. The summed E-state index contributed by atoms with van der Waals surface area (Å²) in [7, 11) is 6.17. The second-order valence-electron chi connectivity index (χ2n) is 6.55. The van der Waals surface area contributed by atoms with Crippen LogP contribution >= 0.6 is 21.6 Å². The van der Waals surface area contributed by atoms with Crippen LogP contribution < -0.4 is 19.7 Å². The number of nitrogens with one attached hydrogen (secondary N) is 1. The van der Waals surface area contributed by atoms with E-state index >= 15 is 0 Å². The molecule has 4 rings (SSSR count). The maximum atomic E-state index is 13.3. The Morgan fingerprint density at radius 2 is 1.93 bits per heavy atom. The molecule has 2 aromatic carbocycles. The third-order valence-electron chi connectivity index (χ3n) is 4.78. The van der Waals surface area contributed by atoms with Crippen LogP contribution in [0.15, 0.2) is 59.6 Å². The molecule has 2 unspecified atom stereocenters. The van der Waals surface area contributed by atoms with E-state index in [4.69, 9.17) is 14.2 Å². The highest BCUT2D eigenvalue weighted by Crippen LogP contribution is 2.50. The van der Waals surface area contributed by atoms with Crippen molar-refractivity contribution < 1.29 is 23.8 Å². The van der Waals surface area contributed by atoms with Crippen LogP contribution in [0.1, 0.15) is 5.56 Å². The number of benzene rings is 2. The molecule has 2 aliphatic rings. The first-order valence-corrected chi connectivity index (χ1v) is 11.5. The fourth-order valence-electron chi connectivity index (χ4n) is 3.31. The van der Waals surface area contributed by atoms with Crippen LogP contribution in [0.2, 0.25) is 0 Å². The zero-order valence-corrected chi connectivity index (χ0v) is 18.0. The number of ether oxygens (including phenoxy) is 3. The lowest BCUT2D eigenvalue weighted by Crippen LogP contribution is -2.45. The van der Waals surface area contributed by atoms with Crippen molar-refractivity contribution in [3.63, 3.8) is 0 Å². The number of carbonyl (C=O) groups excluding carboxylic acids is 2. The maximum absolute atomic E-state index is 13.3. The first-order chi connectivity index (χ1) is 14.6. The Balaban J connectivity index is 1.52. The van der Waals surface area contributed by atoms with Gasteiger partial charge in [-0.2, -0.15) is 0 Å². The molecule has 1 fully saturated rings. The SMILES string of the molecule is COc1ccc(N2C(=O)C(NC(=O)OCc3ccccc3)C3SSC=C32)c(OC)c1. The number of alkyl carbamates (subject to hydrolysis) is 1. The van der Waals surface area contributed by atoms with Crippen LogP contribution in [0.4, 0.5) is 10.5 Å². The van der Waals surface area contributed by atoms with Crippen molar-refractivity contribution >= 4 is 39.3 Å². The van der Waals surface area contributed by atoms with E-state index in [1.54, 1.807) is 37.3 Å². The quantitative estimate of drug-likeness (QED) is 0.676. The molecule has 1 N–H and O–H groups in total. The molecule has 0 bridgehead atoms. The van der Waals surface area contributed by atoms with E-state index in [2.05, 4.69) is 5.32 Å². The molecule has 0 aromatic heterocycles. The maximum Gasteiger partial charge on any atom is 0.408 e. The van der Waals surface area contributed by atoms with Crippen LogP contribution in [0, 0.1) is 0 Å². The molecular formula is C21H20N2O5S2. The molecule has 0 radical (unpaired) electrons. The van der Waals surface area contributed by atoms with Crippen molar-refractivity contribution in [1.82, 2.24) is 5.32 Å². The average molecular weight is 445 g/mol. The van der Waals surface area contributed by atoms with Gasteiger partial charge in [-0.05, 0) is 17.7 Å². The van der Waals surface area contributed by atoms with Crippen molar-refractivity contribution in [2.24, 2.45) is 0 Å². The standard InChI is InChI=1S/C21H20N2O5S2/c1-26-14-8-9-15(17(10-14)27-2)23-16-12-29-30-19(16)18(20(23)24)22-21(25)28-11-13-6-4-3-5-7-13/h3-10,12,18-19H,11H2,1-2H3,(H,22,25). The van der Waals surface area contributed by atoms with Crippen molar-refractivity contribution in [2.45, 2.75) is 17.9 Å². The molecule has 2 aromatic rings. The van der Waals surface area contributed by atoms with Crippen molar-refractivity contribution in [2.75, 3.05) is 19.1 Å². The highest BCUT2D eigenvalue weighted by Gasteiger charge is 2.49. The number of nitrogens with zero attached hydrogens (tertiary/aromatic N) is 1. The molecule has 0 saturated carbocycles. The molecule has 0 aliphatic carbocycles. The first kappa shape index (κ1) is 20.5. The number of amides is 2. The van der Waals surface area contributed by atoms with E-state index in [-0.39, 0.29) is 17.8 Å². The lowest BCUT2D eigenvalue weighted by atomic mass is 10.2. The molecule has 2 aliphatic heterocycles. The van der Waals surface area contributed by atoms with Gasteiger partial charge in [0.15, 0.2) is 0 Å². The number of fused-ring (bicyclic) bond motifs is 1. The van der Waals surface area contributed by atoms with Gasteiger partial charge in [0.1, 0.15) is 24.1 Å². The number of hydrogen-bond acceptors (Lipinski definition) is 7. The average Bonchev–Trinajstić information content (AvgIpc) is 3.34. The topological polar surface area (TPSA) is 77.1 Å². The molecule has 2 atom stereocenters. The number of rotatable bonds is 6. The second-order valence-corrected chi connectivity index (χ2v) is 8.83. The zero-order chi connectivity index (χ0) is 21.1. The zero-order valence-electron chi connectivity index (χ0n) is 16.4. The Hall–Kier alpha value is -2.78. The molecule has 0 spiro atoms. The van der Waals surface area contributed by atoms with Gasteiger partial charge in [0.05, 0.1) is 25.2 Å². The van der Waals surface area contributed by atoms with Gasteiger partial charge in [0, 0.05) is 17.2 Å². The van der Waals surface area contributed by atoms with E-state index < -0.39 is 12.1 Å². The summed E-state index contributed by atoms with van der Waals surface area (Å²) in [4.78, 5) is 27.2. The summed E-state index contributed by atoms with van der Waals surface area (Å²) in [6, 6.07) is 13.9. The van der Waals surface area contributed by atoms with Crippen LogP contribution in [-0.4, -0.2) is 37.5 Å². The highest BCUT2D eigenvalue weighted by atomic mass is 33.1. The Bertz CT molecular complexity index is 983. The highest BCUT2D eigenvalue weighted by molar-refractivity contribution is 8.78. The Morgan fingerprint density at radius 1 is 1.13 bits per heavy atom. The third kappa shape index (κ3) is 3.95. The lowest BCUT2D eigenvalue weighted by Gasteiger charge is -2.21. The van der Waals surface area contributed by atoms with E-state index in [1.165, 1.54) is 21.6 Å². The number of carbonyl (C=O) groups is 2. The molecule has 9 heteroatoms. The molecule has 30 heavy (non-hydrogen) atoms. The summed E-state index contributed by atoms with van der Waals surface area (Å²) in [5.41, 5.74) is 2.29. The minimum atomic E-state index is -0.730. The Kier molecular flexibility index (Phi) is 6.10. The fourth-order valence-corrected chi connectivity index (χ4v) is 5.94. The molecule has 2 heterocycles. The van der Waals surface area contributed by atoms with Crippen molar-refractivity contribution in [3.8, 4) is 11.5 Å². The van der Waals surface area contributed by atoms with Gasteiger partial charge in [-0.15, -0.1) is 0 Å². The van der Waals surface area contributed by atoms with Crippen LogP contribution in [0.3, 0.4) is 0 Å². The summed E-state index contributed by atoms with van der Waals surface area (Å²) in [6.07, 6.45) is -0.627. The van der Waals surface area contributed by atoms with E-state index in [9.17, 15) is 9.59 Å². The summed E-state index contributed by atoms with van der Waals surface area (Å²) in [5, 5.41) is 4.45. The first-order valence-electron chi connectivity index (χ1n) is 9.17. The summed E-state index contributed by atoms with van der Waals surface area (Å²) >= 11 is 0. The van der Waals surface area contributed by atoms with Gasteiger partial charge in [0.2, 0.25) is 0 Å². The minimum absolute atomic E-state index is 0.138. The number of hydrogen-bond donors (Lipinski definition) is 1. The Morgan fingerprint density at radius 3 is 2.67 bits per heavy atom. The second kappa shape index (κ2) is 8.93. The van der Waals surface area contributed by atoms with E-state index in [1.807, 2.05) is 35.7 Å². The van der Waals surface area contributed by atoms with E-state index in [0.717, 1.165) is 11.3 Å². The van der Waals surface area contributed by atoms with Crippen LogP contribution in [0.5, 0.6) is 11.5 Å². The molecule has 1 saturated heterocycles. The van der Waals surface area contributed by atoms with Crippen molar-refractivity contribution in [3.05, 3.63) is 65.2 Å². The van der Waals surface area contributed by atoms with Gasteiger partial charge in [-0.3, -0.25) is 9.69 Å². The van der Waals surface area contributed by atoms with Gasteiger partial charge in [-0.25, -0.2) is 4.79 Å². The van der Waals surface area contributed by atoms with E-state index in [0.29, 0.717) is 17.2 Å². The van der Waals surface area contributed by atoms with Gasteiger partial charge in [-0.1, -0.05) is 51.9 Å². The largest absolute Gasteiger partial charge is 0.497 e. The summed E-state index contributed by atoms with van der Waals surface area (Å²) in [5.74, 6) is 0.901. The molecular weight excluding hydrogens is 424 g/mol. The van der Waals surface area contributed by atoms with Gasteiger partial charge < -0.3 is 19.5 Å². The van der Waals surface area contributed by atoms with Crippen molar-refractivity contribution in [1.29, 1.82) is 0 Å². The summed E-state index contributed by atoms with van der Waals surface area (Å²) in [6.45, 7) is 0.138. The molecule has 2 amide bonds. The third-order valence-corrected chi connectivity index (χ3v) is 7.19. The normalized spacial score (nSPS) is 19.9. The number of anilines is 1. The Labute approximate surface area is 182 Å². The monoisotopic (exact) mass is 444 g/mol. The fraction of sp³-hybridized carbons (Fsp3) is 0.238. The number of methoxy groups -OCH3 is 2. The predicted octanol–water partition coefficient (Wildman–Crippen LogP) is 3.95. The molecule has 156 valence electrons. The lowest BCUT2D eigenvalue weighted by molar-refractivity contribution is -0.118. The summed E-state index contributed by atoms with van der Waals surface area (Å²) < 4.78 is 16.0.